The summed E-state index contributed by atoms with van der Waals surface area (Å²) in [5.74, 6) is -0.0784. The van der Waals surface area contributed by atoms with Crippen molar-refractivity contribution >= 4 is 12.0 Å². The van der Waals surface area contributed by atoms with Gasteiger partial charge in [0, 0.05) is 26.6 Å². The summed E-state index contributed by atoms with van der Waals surface area (Å²) in [6.45, 7) is 3.70. The molecular weight excluding hydrogens is 172 g/mol. The monoisotopic (exact) mass is 186 g/mol. The third kappa shape index (κ3) is 3.31. The summed E-state index contributed by atoms with van der Waals surface area (Å²) in [7, 11) is 0. The molecule has 1 rings (SSSR count). The van der Waals surface area contributed by atoms with Gasteiger partial charge in [0.2, 0.25) is 5.91 Å². The lowest BCUT2D eigenvalue weighted by Crippen LogP contribution is -2.42. The fraction of sp³-hybridized carbons (Fsp3) is 0.750. The third-order valence-corrected chi connectivity index (χ3v) is 1.81. The Balaban J connectivity index is 2.19. The van der Waals surface area contributed by atoms with Crippen molar-refractivity contribution in [3.05, 3.63) is 0 Å². The summed E-state index contributed by atoms with van der Waals surface area (Å²) in [6, 6.07) is 0. The Morgan fingerprint density at radius 2 is 2.46 bits per heavy atom. The molecule has 0 saturated carbocycles. The molecule has 0 aromatic carbocycles. The molecule has 74 valence electrons. The third-order valence-electron chi connectivity index (χ3n) is 1.81. The minimum atomic E-state index is -0.281. The van der Waals surface area contributed by atoms with Crippen LogP contribution in [0, 0.1) is 0 Å². The van der Waals surface area contributed by atoms with Crippen molar-refractivity contribution in [2.24, 2.45) is 0 Å². The van der Waals surface area contributed by atoms with Gasteiger partial charge in [0.25, 0.3) is 0 Å². The number of rotatable bonds is 3. The van der Waals surface area contributed by atoms with Crippen molar-refractivity contribution in [2.45, 2.75) is 13.3 Å². The van der Waals surface area contributed by atoms with Crippen molar-refractivity contribution in [1.82, 2.24) is 10.2 Å². The largest absolute Gasteiger partial charge is 0.449 e. The van der Waals surface area contributed by atoms with Gasteiger partial charge >= 0.3 is 6.09 Å². The number of carbonyl (C=O) groups is 2. The number of ether oxygens (including phenoxy) is 1. The van der Waals surface area contributed by atoms with E-state index in [1.165, 1.54) is 6.92 Å². The fourth-order valence-corrected chi connectivity index (χ4v) is 1.17. The summed E-state index contributed by atoms with van der Waals surface area (Å²) < 4.78 is 4.82. The van der Waals surface area contributed by atoms with Crippen LogP contribution in [0.2, 0.25) is 0 Å². The lowest BCUT2D eigenvalue weighted by molar-refractivity contribution is -0.119. The molecule has 0 aromatic rings. The zero-order valence-electron chi connectivity index (χ0n) is 7.71. The van der Waals surface area contributed by atoms with Crippen molar-refractivity contribution in [3.63, 3.8) is 0 Å². The first-order valence-electron chi connectivity index (χ1n) is 4.36. The summed E-state index contributed by atoms with van der Waals surface area (Å²) >= 11 is 0. The van der Waals surface area contributed by atoms with Gasteiger partial charge in [-0.2, -0.15) is 0 Å². The van der Waals surface area contributed by atoms with Gasteiger partial charge in [-0.3, -0.25) is 4.79 Å². The zero-order chi connectivity index (χ0) is 9.68. The Morgan fingerprint density at radius 3 is 3.08 bits per heavy atom. The van der Waals surface area contributed by atoms with Gasteiger partial charge in [0.1, 0.15) is 0 Å². The van der Waals surface area contributed by atoms with E-state index in [0.29, 0.717) is 19.7 Å². The first kappa shape index (κ1) is 9.83. The number of carbonyl (C=O) groups excluding carboxylic acids is 2. The van der Waals surface area contributed by atoms with Gasteiger partial charge in [-0.15, -0.1) is 0 Å². The molecule has 0 aromatic heterocycles. The maximum Gasteiger partial charge on any atom is 0.409 e. The number of nitrogens with zero attached hydrogens (tertiary/aromatic N) is 1. The summed E-state index contributed by atoms with van der Waals surface area (Å²) in [6.07, 6.45) is 0.586. The van der Waals surface area contributed by atoms with Crippen LogP contribution in [0.5, 0.6) is 0 Å². The molecule has 0 bridgehead atoms. The molecule has 0 radical (unpaired) electrons. The molecule has 5 nitrogen and oxygen atoms in total. The molecule has 0 spiro atoms. The van der Waals surface area contributed by atoms with E-state index >= 15 is 0 Å². The summed E-state index contributed by atoms with van der Waals surface area (Å²) in [5, 5.41) is 2.62. The van der Waals surface area contributed by atoms with Crippen LogP contribution in [-0.4, -0.2) is 43.1 Å². The molecule has 13 heavy (non-hydrogen) atoms. The highest BCUT2D eigenvalue weighted by Crippen LogP contribution is 2.02. The van der Waals surface area contributed by atoms with Crippen molar-refractivity contribution in [3.8, 4) is 0 Å². The zero-order valence-corrected chi connectivity index (χ0v) is 7.71. The standard InChI is InChI=1S/C8H14N2O3/c1-7(11)9-3-5-10-4-2-6-13-8(10)12/h2-6H2,1H3,(H,9,11). The number of cyclic esters (lactones) is 1. The minimum absolute atomic E-state index is 0.0784. The molecule has 0 unspecified atom stereocenters. The Labute approximate surface area is 77.0 Å². The van der Waals surface area contributed by atoms with Gasteiger partial charge in [-0.05, 0) is 6.42 Å². The highest BCUT2D eigenvalue weighted by Gasteiger charge is 2.18. The first-order chi connectivity index (χ1) is 6.20. The fourth-order valence-electron chi connectivity index (χ4n) is 1.17. The Hall–Kier alpha value is -1.26. The highest BCUT2D eigenvalue weighted by molar-refractivity contribution is 5.73. The van der Waals surface area contributed by atoms with Gasteiger partial charge in [0.05, 0.1) is 6.61 Å². The van der Waals surface area contributed by atoms with Gasteiger partial charge < -0.3 is 15.0 Å². The van der Waals surface area contributed by atoms with Crippen LogP contribution >= 0.6 is 0 Å². The maximum absolute atomic E-state index is 11.1. The molecule has 1 aliphatic rings. The van der Waals surface area contributed by atoms with Crippen LogP contribution in [0.1, 0.15) is 13.3 Å². The topological polar surface area (TPSA) is 58.6 Å². The smallest absolute Gasteiger partial charge is 0.409 e. The van der Waals surface area contributed by atoms with E-state index in [1.807, 2.05) is 0 Å². The van der Waals surface area contributed by atoms with Crippen LogP contribution in [0.25, 0.3) is 0 Å². The molecular formula is C8H14N2O3. The SMILES string of the molecule is CC(=O)NCCN1CCCOC1=O. The quantitative estimate of drug-likeness (QED) is 0.673. The lowest BCUT2D eigenvalue weighted by Gasteiger charge is -2.26. The average molecular weight is 186 g/mol. The van der Waals surface area contributed by atoms with Gasteiger partial charge in [0.15, 0.2) is 0 Å². The predicted molar refractivity (Wildman–Crippen MR) is 46.2 cm³/mol. The molecule has 1 saturated heterocycles. The van der Waals surface area contributed by atoms with Crippen LogP contribution < -0.4 is 5.32 Å². The Kier molecular flexibility index (Phi) is 3.54. The summed E-state index contributed by atoms with van der Waals surface area (Å²) in [4.78, 5) is 23.2. The van der Waals surface area contributed by atoms with Crippen LogP contribution in [-0.2, 0) is 9.53 Å². The number of hydrogen-bond acceptors (Lipinski definition) is 3. The number of nitrogens with one attached hydrogen (secondary N) is 1. The molecule has 1 heterocycles. The van der Waals surface area contributed by atoms with Crippen molar-refractivity contribution in [2.75, 3.05) is 26.2 Å². The lowest BCUT2D eigenvalue weighted by atomic mass is 10.3. The van der Waals surface area contributed by atoms with Gasteiger partial charge in [-0.1, -0.05) is 0 Å². The maximum atomic E-state index is 11.1. The average Bonchev–Trinajstić information content (AvgIpc) is 2.08. The Bertz CT molecular complexity index is 206. The van der Waals surface area contributed by atoms with E-state index in [4.69, 9.17) is 4.74 Å². The van der Waals surface area contributed by atoms with Crippen molar-refractivity contribution in [1.29, 1.82) is 0 Å². The van der Waals surface area contributed by atoms with Crippen LogP contribution in [0.4, 0.5) is 4.79 Å². The van der Waals surface area contributed by atoms with Crippen LogP contribution in [0.3, 0.4) is 0 Å². The number of amides is 2. The predicted octanol–water partition coefficient (Wildman–Crippen LogP) is -0.0352. The first-order valence-corrected chi connectivity index (χ1v) is 4.36. The van der Waals surface area contributed by atoms with E-state index in [-0.39, 0.29) is 12.0 Å². The van der Waals surface area contributed by atoms with Crippen LogP contribution in [0.15, 0.2) is 0 Å². The molecule has 0 aliphatic carbocycles. The second-order valence-electron chi connectivity index (χ2n) is 2.94. The molecule has 1 aliphatic heterocycles. The van der Waals surface area contributed by atoms with Crippen molar-refractivity contribution < 1.29 is 14.3 Å². The van der Waals surface area contributed by atoms with E-state index in [2.05, 4.69) is 5.32 Å². The van der Waals surface area contributed by atoms with E-state index in [1.54, 1.807) is 4.90 Å². The Morgan fingerprint density at radius 1 is 1.69 bits per heavy atom. The summed E-state index contributed by atoms with van der Waals surface area (Å²) in [5.41, 5.74) is 0. The second kappa shape index (κ2) is 4.69. The van der Waals surface area contributed by atoms with Gasteiger partial charge in [-0.25, -0.2) is 4.79 Å². The van der Waals surface area contributed by atoms with E-state index in [9.17, 15) is 9.59 Å². The molecule has 1 fully saturated rings. The molecule has 1 N–H and O–H groups in total. The van der Waals surface area contributed by atoms with E-state index in [0.717, 1.165) is 13.0 Å². The molecule has 2 amide bonds. The van der Waals surface area contributed by atoms with E-state index < -0.39 is 0 Å². The molecule has 0 atom stereocenters. The highest BCUT2D eigenvalue weighted by atomic mass is 16.6. The number of hydrogen-bond donors (Lipinski definition) is 1. The normalized spacial score (nSPS) is 16.7. The minimum Gasteiger partial charge on any atom is -0.449 e. The molecule has 5 heteroatoms. The second-order valence-corrected chi connectivity index (χ2v) is 2.94.